The number of aromatic amines is 1. The van der Waals surface area contributed by atoms with Gasteiger partial charge in [-0.05, 0) is 30.3 Å². The number of nitrogens with one attached hydrogen (secondary N) is 2. The molecule has 158 valence electrons. The highest BCUT2D eigenvalue weighted by atomic mass is 32.2. The van der Waals surface area contributed by atoms with Crippen molar-refractivity contribution in [1.82, 2.24) is 14.4 Å². The number of hydrogen-bond acceptors (Lipinski definition) is 6. The molecule has 1 heterocycles. The molecule has 3 aromatic rings. The molecule has 0 aliphatic carbocycles. The van der Waals surface area contributed by atoms with E-state index in [1.807, 2.05) is 0 Å². The maximum Gasteiger partial charge on any atom is 0.439 e. The first-order valence-corrected chi connectivity index (χ1v) is 10.5. The predicted molar refractivity (Wildman–Crippen MR) is 107 cm³/mol. The summed E-state index contributed by atoms with van der Waals surface area (Å²) < 4.78 is 45.1. The summed E-state index contributed by atoms with van der Waals surface area (Å²) in [7, 11) is -4.08. The zero-order valence-electron chi connectivity index (χ0n) is 16.2. The zero-order valence-corrected chi connectivity index (χ0v) is 17.0. The van der Waals surface area contributed by atoms with E-state index in [2.05, 4.69) is 20.0 Å². The van der Waals surface area contributed by atoms with Crippen LogP contribution in [0.5, 0.6) is 0 Å². The van der Waals surface area contributed by atoms with Gasteiger partial charge in [-0.3, -0.25) is 14.3 Å². The fourth-order valence-electron chi connectivity index (χ4n) is 2.85. The Hall–Kier alpha value is -3.31. The van der Waals surface area contributed by atoms with E-state index in [-0.39, 0.29) is 24.5 Å². The second-order valence-electron chi connectivity index (χ2n) is 6.21. The van der Waals surface area contributed by atoms with Gasteiger partial charge >= 0.3 is 5.76 Å². The van der Waals surface area contributed by atoms with Crippen molar-refractivity contribution in [2.45, 2.75) is 18.7 Å². The van der Waals surface area contributed by atoms with Crippen LogP contribution in [0.15, 0.2) is 56.7 Å². The molecule has 0 atom stereocenters. The van der Waals surface area contributed by atoms with E-state index in [1.54, 1.807) is 38.1 Å². The topological polar surface area (TPSA) is 125 Å². The Balaban J connectivity index is 1.89. The summed E-state index contributed by atoms with van der Waals surface area (Å²) in [6, 6.07) is 9.57. The van der Waals surface area contributed by atoms with Gasteiger partial charge in [-0.1, -0.05) is 31.1 Å². The van der Waals surface area contributed by atoms with E-state index in [0.29, 0.717) is 11.3 Å². The molecule has 1 amide bonds. The molecule has 0 aliphatic rings. The van der Waals surface area contributed by atoms with Crippen molar-refractivity contribution >= 4 is 21.6 Å². The number of aromatic nitrogens is 2. The molecule has 1 aromatic heterocycles. The van der Waals surface area contributed by atoms with E-state index >= 15 is 0 Å². The molecular weight excluding hydrogens is 415 g/mol. The summed E-state index contributed by atoms with van der Waals surface area (Å²) in [6.07, 6.45) is 0. The molecule has 0 saturated carbocycles. The van der Waals surface area contributed by atoms with Crippen molar-refractivity contribution in [3.05, 3.63) is 64.4 Å². The van der Waals surface area contributed by atoms with Crippen LogP contribution in [-0.2, 0) is 10.0 Å². The first-order valence-electron chi connectivity index (χ1n) is 9.03. The monoisotopic (exact) mass is 434 g/mol. The number of amides is 1. The number of sulfonamides is 1. The maximum atomic E-state index is 14.2. The van der Waals surface area contributed by atoms with Crippen LogP contribution in [0, 0.1) is 5.82 Å². The molecule has 0 bridgehead atoms. The van der Waals surface area contributed by atoms with Crippen LogP contribution in [0.1, 0.15) is 24.2 Å². The molecule has 2 N–H and O–H groups in total. The van der Waals surface area contributed by atoms with Crippen LogP contribution >= 0.6 is 0 Å². The van der Waals surface area contributed by atoms with Gasteiger partial charge in [0.05, 0.1) is 0 Å². The average molecular weight is 434 g/mol. The first-order chi connectivity index (χ1) is 14.3. The Bertz CT molecular complexity index is 1230. The first kappa shape index (κ1) is 21.4. The summed E-state index contributed by atoms with van der Waals surface area (Å²) in [5, 5.41) is 6.19. The SMILES string of the molecule is CCN(CC)S(=O)(=O)c1cc(C(=O)Nc2cccc(-c3noc(=O)[nH]3)c2)ccc1F. The molecule has 0 saturated heterocycles. The van der Waals surface area contributed by atoms with Gasteiger partial charge in [0.25, 0.3) is 5.91 Å². The number of rotatable bonds is 7. The molecular formula is C19H19FN4O5S. The molecule has 0 unspecified atom stereocenters. The van der Waals surface area contributed by atoms with E-state index in [4.69, 9.17) is 0 Å². The van der Waals surface area contributed by atoms with Crippen LogP contribution in [0.3, 0.4) is 0 Å². The fraction of sp³-hybridized carbons (Fsp3) is 0.211. The van der Waals surface area contributed by atoms with Crippen LogP contribution < -0.4 is 11.1 Å². The summed E-state index contributed by atoms with van der Waals surface area (Å²) in [5.41, 5.74) is 0.823. The Labute approximate surface area is 171 Å². The minimum Gasteiger partial charge on any atom is -0.322 e. The second-order valence-corrected chi connectivity index (χ2v) is 8.12. The second kappa shape index (κ2) is 8.59. The van der Waals surface area contributed by atoms with Crippen molar-refractivity contribution in [1.29, 1.82) is 0 Å². The molecule has 0 fully saturated rings. The normalized spacial score (nSPS) is 11.6. The number of carbonyl (C=O) groups is 1. The highest BCUT2D eigenvalue weighted by Gasteiger charge is 2.26. The standard InChI is InChI=1S/C19H19FN4O5S/c1-3-24(4-2)30(27,28)16-11-13(8-9-15(16)20)18(25)21-14-7-5-6-12(10-14)17-22-19(26)29-23-17/h5-11H,3-4H2,1-2H3,(H,21,25)(H,22,23,26). The van der Waals surface area contributed by atoms with Gasteiger partial charge in [-0.2, -0.15) is 4.31 Å². The van der Waals surface area contributed by atoms with E-state index in [9.17, 15) is 22.4 Å². The van der Waals surface area contributed by atoms with Gasteiger partial charge in [0.15, 0.2) is 5.82 Å². The molecule has 3 rings (SSSR count). The summed E-state index contributed by atoms with van der Waals surface area (Å²) in [5.74, 6) is -2.09. The zero-order chi connectivity index (χ0) is 21.9. The quantitative estimate of drug-likeness (QED) is 0.588. The van der Waals surface area contributed by atoms with Crippen LogP contribution in [0.4, 0.5) is 10.1 Å². The highest BCUT2D eigenvalue weighted by molar-refractivity contribution is 7.89. The lowest BCUT2D eigenvalue weighted by Crippen LogP contribution is -2.31. The molecule has 0 radical (unpaired) electrons. The minimum absolute atomic E-state index is 0.0256. The maximum absolute atomic E-state index is 14.2. The van der Waals surface area contributed by atoms with Crippen molar-refractivity contribution in [2.24, 2.45) is 0 Å². The van der Waals surface area contributed by atoms with Gasteiger partial charge < -0.3 is 5.32 Å². The largest absolute Gasteiger partial charge is 0.439 e. The Morgan fingerprint density at radius 3 is 2.57 bits per heavy atom. The third-order valence-electron chi connectivity index (χ3n) is 4.35. The molecule has 0 aliphatic heterocycles. The average Bonchev–Trinajstić information content (AvgIpc) is 3.15. The smallest absolute Gasteiger partial charge is 0.322 e. The molecule has 30 heavy (non-hydrogen) atoms. The lowest BCUT2D eigenvalue weighted by molar-refractivity contribution is 0.102. The Morgan fingerprint density at radius 2 is 1.93 bits per heavy atom. The molecule has 2 aromatic carbocycles. The van der Waals surface area contributed by atoms with E-state index in [1.165, 1.54) is 6.07 Å². The van der Waals surface area contributed by atoms with Crippen LogP contribution in [0.2, 0.25) is 0 Å². The highest BCUT2D eigenvalue weighted by Crippen LogP contribution is 2.23. The van der Waals surface area contributed by atoms with Gasteiger partial charge in [0.1, 0.15) is 10.7 Å². The van der Waals surface area contributed by atoms with Gasteiger partial charge in [0, 0.05) is 29.9 Å². The number of H-pyrrole nitrogens is 1. The Morgan fingerprint density at radius 1 is 1.20 bits per heavy atom. The van der Waals surface area contributed by atoms with Crippen LogP contribution in [0.25, 0.3) is 11.4 Å². The number of hydrogen-bond donors (Lipinski definition) is 2. The summed E-state index contributed by atoms with van der Waals surface area (Å²) in [6.45, 7) is 3.63. The predicted octanol–water partition coefficient (Wildman–Crippen LogP) is 2.45. The number of halogens is 1. The van der Waals surface area contributed by atoms with Gasteiger partial charge in [-0.25, -0.2) is 17.6 Å². The van der Waals surface area contributed by atoms with Crippen molar-refractivity contribution in [3.63, 3.8) is 0 Å². The van der Waals surface area contributed by atoms with E-state index < -0.39 is 32.4 Å². The summed E-state index contributed by atoms with van der Waals surface area (Å²) >= 11 is 0. The third kappa shape index (κ3) is 4.31. The van der Waals surface area contributed by atoms with Gasteiger partial charge in [-0.15, -0.1) is 0 Å². The number of nitrogens with zero attached hydrogens (tertiary/aromatic N) is 2. The third-order valence-corrected chi connectivity index (χ3v) is 6.42. The Kier molecular flexibility index (Phi) is 6.13. The number of anilines is 1. The van der Waals surface area contributed by atoms with E-state index in [0.717, 1.165) is 16.4 Å². The van der Waals surface area contributed by atoms with Crippen molar-refractivity contribution in [3.8, 4) is 11.4 Å². The number of benzene rings is 2. The minimum atomic E-state index is -4.08. The van der Waals surface area contributed by atoms with Crippen molar-refractivity contribution in [2.75, 3.05) is 18.4 Å². The van der Waals surface area contributed by atoms with Crippen LogP contribution in [-0.4, -0.2) is 41.9 Å². The molecule has 11 heteroatoms. The summed E-state index contributed by atoms with van der Waals surface area (Å²) in [4.78, 5) is 25.6. The molecule has 9 nitrogen and oxygen atoms in total. The molecule has 0 spiro atoms. The van der Waals surface area contributed by atoms with Crippen molar-refractivity contribution < 1.29 is 22.1 Å². The van der Waals surface area contributed by atoms with Gasteiger partial charge in [0.2, 0.25) is 10.0 Å². The lowest BCUT2D eigenvalue weighted by Gasteiger charge is -2.19. The fourth-order valence-corrected chi connectivity index (χ4v) is 4.40. The lowest BCUT2D eigenvalue weighted by atomic mass is 10.1. The number of carbonyl (C=O) groups excluding carboxylic acids is 1.